The lowest BCUT2D eigenvalue weighted by Crippen LogP contribution is -2.41. The van der Waals surface area contributed by atoms with Gasteiger partial charge in [-0.05, 0) is 43.4 Å². The molecule has 2 N–H and O–H groups in total. The van der Waals surface area contributed by atoms with E-state index in [2.05, 4.69) is 30.6 Å². The Morgan fingerprint density at radius 2 is 1.95 bits per heavy atom. The van der Waals surface area contributed by atoms with Gasteiger partial charge in [-0.3, -0.25) is 4.79 Å². The van der Waals surface area contributed by atoms with E-state index < -0.39 is 12.0 Å². The van der Waals surface area contributed by atoms with Gasteiger partial charge in [0, 0.05) is 11.7 Å². The SMILES string of the molecule is CSCC[C@H](NC(=O)CCCCC(S)CCS)C(=O)O. The molecule has 0 aromatic heterocycles. The molecule has 0 fully saturated rings. The minimum atomic E-state index is -0.961. The number of carboxylic acids is 1. The second-order valence-electron chi connectivity index (χ2n) is 4.65. The Morgan fingerprint density at radius 1 is 1.25 bits per heavy atom. The molecule has 0 saturated heterocycles. The first kappa shape index (κ1) is 20.0. The van der Waals surface area contributed by atoms with Crippen molar-refractivity contribution in [1.82, 2.24) is 5.32 Å². The van der Waals surface area contributed by atoms with Crippen LogP contribution in [0.1, 0.15) is 38.5 Å². The molecule has 0 aliphatic heterocycles. The summed E-state index contributed by atoms with van der Waals surface area (Å²) in [5.41, 5.74) is 0. The number of thiol groups is 2. The number of unbranched alkanes of at least 4 members (excludes halogenated alkanes) is 1. The predicted molar refractivity (Wildman–Crippen MR) is 92.3 cm³/mol. The lowest BCUT2D eigenvalue weighted by molar-refractivity contribution is -0.141. The van der Waals surface area contributed by atoms with Gasteiger partial charge < -0.3 is 10.4 Å². The van der Waals surface area contributed by atoms with E-state index in [4.69, 9.17) is 5.11 Å². The maximum atomic E-state index is 11.7. The second kappa shape index (κ2) is 12.7. The number of carboxylic acid groups (broad SMARTS) is 1. The quantitative estimate of drug-likeness (QED) is 0.326. The zero-order valence-electron chi connectivity index (χ0n) is 11.9. The smallest absolute Gasteiger partial charge is 0.326 e. The van der Waals surface area contributed by atoms with Crippen LogP contribution in [0, 0.1) is 0 Å². The highest BCUT2D eigenvalue weighted by Crippen LogP contribution is 2.12. The van der Waals surface area contributed by atoms with Crippen molar-refractivity contribution in [2.24, 2.45) is 0 Å². The van der Waals surface area contributed by atoms with E-state index >= 15 is 0 Å². The standard InChI is InChI=1S/C13H25NO3S3/c1-20-9-7-11(13(16)17)14-12(15)5-3-2-4-10(19)6-8-18/h10-11,18-19H,2-9H2,1H3,(H,14,15)(H,16,17)/t10?,11-/m0/s1. The number of hydrogen-bond acceptors (Lipinski definition) is 5. The van der Waals surface area contributed by atoms with E-state index in [1.807, 2.05) is 6.26 Å². The van der Waals surface area contributed by atoms with Gasteiger partial charge in [-0.2, -0.15) is 37.0 Å². The number of hydrogen-bond donors (Lipinski definition) is 4. The molecule has 0 radical (unpaired) electrons. The molecule has 0 heterocycles. The Morgan fingerprint density at radius 3 is 2.50 bits per heavy atom. The van der Waals surface area contributed by atoms with Gasteiger partial charge in [0.1, 0.15) is 6.04 Å². The van der Waals surface area contributed by atoms with Crippen LogP contribution in [0.3, 0.4) is 0 Å². The molecular weight excluding hydrogens is 314 g/mol. The first-order valence-electron chi connectivity index (χ1n) is 6.81. The second-order valence-corrected chi connectivity index (χ2v) is 6.81. The van der Waals surface area contributed by atoms with Crippen LogP contribution >= 0.6 is 37.0 Å². The van der Waals surface area contributed by atoms with Crippen molar-refractivity contribution in [1.29, 1.82) is 0 Å². The van der Waals surface area contributed by atoms with Gasteiger partial charge in [0.2, 0.25) is 5.91 Å². The Balaban J connectivity index is 3.82. The summed E-state index contributed by atoms with van der Waals surface area (Å²) in [6, 6.07) is -0.767. The lowest BCUT2D eigenvalue weighted by atomic mass is 10.1. The molecule has 2 atom stereocenters. The summed E-state index contributed by atoms with van der Waals surface area (Å²) in [5.74, 6) is 0.409. The predicted octanol–water partition coefficient (Wildman–Crippen LogP) is 2.49. The maximum Gasteiger partial charge on any atom is 0.326 e. The fourth-order valence-electron chi connectivity index (χ4n) is 1.72. The van der Waals surface area contributed by atoms with Crippen LogP contribution < -0.4 is 5.32 Å². The van der Waals surface area contributed by atoms with E-state index in [1.54, 1.807) is 11.8 Å². The van der Waals surface area contributed by atoms with Gasteiger partial charge in [-0.25, -0.2) is 4.79 Å². The number of nitrogens with one attached hydrogen (secondary N) is 1. The summed E-state index contributed by atoms with van der Waals surface area (Å²) >= 11 is 10.2. The van der Waals surface area contributed by atoms with Gasteiger partial charge in [0.15, 0.2) is 0 Å². The number of carbonyl (C=O) groups excluding carboxylic acids is 1. The largest absolute Gasteiger partial charge is 0.480 e. The third kappa shape index (κ3) is 10.7. The van der Waals surface area contributed by atoms with Crippen molar-refractivity contribution in [2.45, 2.75) is 49.8 Å². The number of aliphatic carboxylic acids is 1. The van der Waals surface area contributed by atoms with E-state index in [0.717, 1.165) is 37.2 Å². The highest BCUT2D eigenvalue weighted by atomic mass is 32.2. The summed E-state index contributed by atoms with van der Waals surface area (Å²) in [7, 11) is 0. The highest BCUT2D eigenvalue weighted by Gasteiger charge is 2.18. The van der Waals surface area contributed by atoms with E-state index in [0.29, 0.717) is 18.1 Å². The Labute approximate surface area is 136 Å². The molecule has 1 unspecified atom stereocenters. The molecule has 0 aromatic rings. The molecular formula is C13H25NO3S3. The fraction of sp³-hybridized carbons (Fsp3) is 0.846. The first-order chi connectivity index (χ1) is 9.51. The number of amides is 1. The fourth-order valence-corrected chi connectivity index (χ4v) is 3.02. The van der Waals surface area contributed by atoms with Crippen molar-refractivity contribution in [2.75, 3.05) is 17.8 Å². The molecule has 20 heavy (non-hydrogen) atoms. The lowest BCUT2D eigenvalue weighted by Gasteiger charge is -2.14. The third-order valence-electron chi connectivity index (χ3n) is 2.90. The van der Waals surface area contributed by atoms with Gasteiger partial charge >= 0.3 is 5.97 Å². The van der Waals surface area contributed by atoms with Crippen LogP contribution in [0.4, 0.5) is 0 Å². The normalized spacial score (nSPS) is 13.8. The highest BCUT2D eigenvalue weighted by molar-refractivity contribution is 7.98. The monoisotopic (exact) mass is 339 g/mol. The zero-order valence-corrected chi connectivity index (χ0v) is 14.5. The first-order valence-corrected chi connectivity index (χ1v) is 9.35. The molecule has 4 nitrogen and oxygen atoms in total. The summed E-state index contributed by atoms with van der Waals surface area (Å²) in [6.07, 6.45) is 6.38. The van der Waals surface area contributed by atoms with Gasteiger partial charge in [0.05, 0.1) is 0 Å². The summed E-state index contributed by atoms with van der Waals surface area (Å²) in [4.78, 5) is 22.7. The van der Waals surface area contributed by atoms with Crippen LogP contribution in [0.2, 0.25) is 0 Å². The molecule has 0 rings (SSSR count). The minimum absolute atomic E-state index is 0.177. The molecule has 0 bridgehead atoms. The molecule has 0 saturated carbocycles. The van der Waals surface area contributed by atoms with Gasteiger partial charge in [-0.15, -0.1) is 0 Å². The van der Waals surface area contributed by atoms with Crippen LogP contribution in [-0.4, -0.2) is 46.0 Å². The molecule has 0 spiro atoms. The van der Waals surface area contributed by atoms with E-state index in [1.165, 1.54) is 0 Å². The topological polar surface area (TPSA) is 66.4 Å². The number of rotatable bonds is 12. The maximum absolute atomic E-state index is 11.7. The van der Waals surface area contributed by atoms with E-state index in [-0.39, 0.29) is 5.91 Å². The minimum Gasteiger partial charge on any atom is -0.480 e. The summed E-state index contributed by atoms with van der Waals surface area (Å²) in [6.45, 7) is 0. The van der Waals surface area contributed by atoms with Crippen LogP contribution in [0.25, 0.3) is 0 Å². The van der Waals surface area contributed by atoms with E-state index in [9.17, 15) is 9.59 Å². The van der Waals surface area contributed by atoms with Gasteiger partial charge in [0.25, 0.3) is 0 Å². The van der Waals surface area contributed by atoms with Crippen LogP contribution in [-0.2, 0) is 9.59 Å². The summed E-state index contributed by atoms with van der Waals surface area (Å²) in [5, 5.41) is 11.9. The van der Waals surface area contributed by atoms with Crippen molar-refractivity contribution >= 4 is 48.9 Å². The van der Waals surface area contributed by atoms with Crippen molar-refractivity contribution < 1.29 is 14.7 Å². The third-order valence-corrected chi connectivity index (χ3v) is 4.32. The average molecular weight is 340 g/mol. The number of carbonyl (C=O) groups is 2. The number of thioether (sulfide) groups is 1. The molecule has 1 amide bonds. The van der Waals surface area contributed by atoms with Crippen LogP contribution in [0.15, 0.2) is 0 Å². The zero-order chi connectivity index (χ0) is 15.4. The molecule has 0 aliphatic carbocycles. The Kier molecular flexibility index (Phi) is 12.7. The average Bonchev–Trinajstić information content (AvgIpc) is 2.39. The summed E-state index contributed by atoms with van der Waals surface area (Å²) < 4.78 is 0. The van der Waals surface area contributed by atoms with Crippen molar-refractivity contribution in [3.8, 4) is 0 Å². The molecule has 0 aliphatic rings. The van der Waals surface area contributed by atoms with Crippen LogP contribution in [0.5, 0.6) is 0 Å². The molecule has 0 aromatic carbocycles. The van der Waals surface area contributed by atoms with Crippen molar-refractivity contribution in [3.63, 3.8) is 0 Å². The molecule has 118 valence electrons. The Bertz CT molecular complexity index is 290. The molecule has 7 heteroatoms. The Hall–Kier alpha value is -0.0100. The van der Waals surface area contributed by atoms with Gasteiger partial charge in [-0.1, -0.05) is 6.42 Å². The van der Waals surface area contributed by atoms with Crippen molar-refractivity contribution in [3.05, 3.63) is 0 Å².